The topological polar surface area (TPSA) is 62.2 Å². The molecule has 0 spiro atoms. The number of amides is 1. The fourth-order valence-electron chi connectivity index (χ4n) is 2.55. The summed E-state index contributed by atoms with van der Waals surface area (Å²) in [4.78, 5) is 13.4. The van der Waals surface area contributed by atoms with Crippen LogP contribution in [0.4, 0.5) is 13.2 Å². The number of aryl methyl sites for hydroxylation is 2. The second-order valence-electron chi connectivity index (χ2n) is 5.35. The van der Waals surface area contributed by atoms with Gasteiger partial charge in [0, 0.05) is 39.8 Å². The van der Waals surface area contributed by atoms with Crippen LogP contribution in [0.25, 0.3) is 0 Å². The van der Waals surface area contributed by atoms with Gasteiger partial charge >= 0.3 is 6.18 Å². The second-order valence-corrected chi connectivity index (χ2v) is 5.35. The van der Waals surface area contributed by atoms with E-state index in [9.17, 15) is 18.0 Å². The van der Waals surface area contributed by atoms with E-state index in [2.05, 4.69) is 15.7 Å². The molecule has 0 bridgehead atoms. The molecule has 0 saturated carbocycles. The van der Waals surface area contributed by atoms with Crippen molar-refractivity contribution in [2.24, 2.45) is 7.05 Å². The molecule has 2 rings (SSSR count). The zero-order valence-electron chi connectivity index (χ0n) is 12.6. The maximum Gasteiger partial charge on any atom is 0.405 e. The summed E-state index contributed by atoms with van der Waals surface area (Å²) in [6.45, 7) is 2.90. The van der Waals surface area contributed by atoms with Crippen LogP contribution in [0.15, 0.2) is 6.07 Å². The summed E-state index contributed by atoms with van der Waals surface area (Å²) in [5.74, 6) is -0.549. The third-order valence-corrected chi connectivity index (χ3v) is 3.66. The van der Waals surface area contributed by atoms with Crippen LogP contribution in [-0.2, 0) is 7.05 Å². The molecular formula is C13H20F3N5O. The molecule has 2 heterocycles. The number of halogens is 3. The van der Waals surface area contributed by atoms with Crippen molar-refractivity contribution in [1.82, 2.24) is 25.3 Å². The monoisotopic (exact) mass is 319 g/mol. The van der Waals surface area contributed by atoms with Crippen molar-refractivity contribution in [1.29, 1.82) is 0 Å². The summed E-state index contributed by atoms with van der Waals surface area (Å²) < 4.78 is 41.0. The van der Waals surface area contributed by atoms with E-state index in [-0.39, 0.29) is 5.69 Å². The van der Waals surface area contributed by atoms with Gasteiger partial charge in [-0.15, -0.1) is 0 Å². The lowest BCUT2D eigenvalue weighted by Gasteiger charge is -2.35. The molecule has 1 aromatic rings. The normalized spacial score (nSPS) is 18.2. The van der Waals surface area contributed by atoms with Gasteiger partial charge in [-0.2, -0.15) is 18.3 Å². The van der Waals surface area contributed by atoms with E-state index in [1.807, 2.05) is 0 Å². The summed E-state index contributed by atoms with van der Waals surface area (Å²) in [5.41, 5.74) is 0.890. The van der Waals surface area contributed by atoms with Gasteiger partial charge in [0.05, 0.1) is 5.69 Å². The van der Waals surface area contributed by atoms with Gasteiger partial charge in [0.25, 0.3) is 5.91 Å². The first-order chi connectivity index (χ1) is 10.3. The van der Waals surface area contributed by atoms with E-state index in [4.69, 9.17) is 0 Å². The van der Waals surface area contributed by atoms with E-state index in [0.717, 1.165) is 0 Å². The average Bonchev–Trinajstić information content (AvgIpc) is 2.77. The predicted molar refractivity (Wildman–Crippen MR) is 74.6 cm³/mol. The van der Waals surface area contributed by atoms with Crippen LogP contribution >= 0.6 is 0 Å². The van der Waals surface area contributed by atoms with Crippen LogP contribution in [-0.4, -0.2) is 65.5 Å². The van der Waals surface area contributed by atoms with Crippen molar-refractivity contribution in [3.8, 4) is 0 Å². The number of alkyl halides is 3. The van der Waals surface area contributed by atoms with Gasteiger partial charge in [-0.05, 0) is 13.0 Å². The molecule has 1 atom stereocenters. The highest BCUT2D eigenvalue weighted by Crippen LogP contribution is 2.24. The molecular weight excluding hydrogens is 299 g/mol. The number of aromatic nitrogens is 2. The number of carbonyl (C=O) groups excluding carboxylic acids is 1. The Morgan fingerprint density at radius 2 is 2.09 bits per heavy atom. The van der Waals surface area contributed by atoms with Crippen molar-refractivity contribution in [3.63, 3.8) is 0 Å². The number of nitrogens with one attached hydrogen (secondary N) is 2. The Kier molecular flexibility index (Phi) is 5.07. The Bertz CT molecular complexity index is 522. The van der Waals surface area contributed by atoms with Crippen molar-refractivity contribution < 1.29 is 18.0 Å². The molecule has 6 nitrogen and oxygen atoms in total. The lowest BCUT2D eigenvalue weighted by Crippen LogP contribution is -2.57. The van der Waals surface area contributed by atoms with Crippen LogP contribution in [0.1, 0.15) is 16.2 Å². The molecule has 1 saturated heterocycles. The van der Waals surface area contributed by atoms with Gasteiger partial charge in [-0.3, -0.25) is 14.4 Å². The average molecular weight is 319 g/mol. The molecule has 22 heavy (non-hydrogen) atoms. The Labute approximate surface area is 126 Å². The number of carbonyl (C=O) groups is 1. The van der Waals surface area contributed by atoms with Crippen LogP contribution in [0, 0.1) is 6.92 Å². The number of rotatable bonds is 4. The number of piperazine rings is 1. The Hall–Kier alpha value is -1.61. The fraction of sp³-hybridized carbons (Fsp3) is 0.692. The molecule has 1 amide bonds. The molecule has 9 heteroatoms. The van der Waals surface area contributed by atoms with Gasteiger partial charge in [-0.1, -0.05) is 0 Å². The summed E-state index contributed by atoms with van der Waals surface area (Å²) >= 11 is 0. The van der Waals surface area contributed by atoms with Crippen LogP contribution in [0.3, 0.4) is 0 Å². The quantitative estimate of drug-likeness (QED) is 0.838. The maximum atomic E-state index is 13.2. The van der Waals surface area contributed by atoms with Gasteiger partial charge < -0.3 is 10.6 Å². The minimum absolute atomic E-state index is 0.249. The lowest BCUT2D eigenvalue weighted by atomic mass is 10.2. The Morgan fingerprint density at radius 1 is 1.45 bits per heavy atom. The molecule has 2 N–H and O–H groups in total. The zero-order chi connectivity index (χ0) is 16.3. The number of nitrogens with zero attached hydrogens (tertiary/aromatic N) is 3. The second kappa shape index (κ2) is 6.66. The molecule has 0 radical (unpaired) electrons. The van der Waals surface area contributed by atoms with Gasteiger partial charge in [-0.25, -0.2) is 0 Å². The summed E-state index contributed by atoms with van der Waals surface area (Å²) in [7, 11) is 1.58. The van der Waals surface area contributed by atoms with Crippen molar-refractivity contribution in [3.05, 3.63) is 17.5 Å². The maximum absolute atomic E-state index is 13.2. The molecule has 1 aliphatic heterocycles. The molecule has 1 aromatic heterocycles. The van der Waals surface area contributed by atoms with Crippen LogP contribution < -0.4 is 10.6 Å². The molecule has 1 aliphatic rings. The number of hydrogen-bond acceptors (Lipinski definition) is 4. The first-order valence-electron chi connectivity index (χ1n) is 7.09. The molecule has 0 aliphatic carbocycles. The van der Waals surface area contributed by atoms with Crippen LogP contribution in [0.5, 0.6) is 0 Å². The summed E-state index contributed by atoms with van der Waals surface area (Å²) in [6.07, 6.45) is -4.38. The van der Waals surface area contributed by atoms with Gasteiger partial charge in [0.2, 0.25) is 0 Å². The molecule has 1 fully saturated rings. The van der Waals surface area contributed by atoms with Crippen molar-refractivity contribution >= 4 is 5.91 Å². The minimum Gasteiger partial charge on any atom is -0.349 e. The molecule has 124 valence electrons. The third kappa shape index (κ3) is 3.98. The first kappa shape index (κ1) is 16.8. The minimum atomic E-state index is -4.38. The highest BCUT2D eigenvalue weighted by atomic mass is 19.4. The van der Waals surface area contributed by atoms with Gasteiger partial charge in [0.1, 0.15) is 11.7 Å². The standard InChI is InChI=1S/C13H20F3N5O/c1-9-7-10(20(2)19-9)12(22)18-8-11(13(14,15)16)21-5-3-17-4-6-21/h7,11,17H,3-6,8H2,1-2H3,(H,18,22). The highest BCUT2D eigenvalue weighted by Gasteiger charge is 2.43. The van der Waals surface area contributed by atoms with E-state index in [0.29, 0.717) is 31.9 Å². The predicted octanol–water partition coefficient (Wildman–Crippen LogP) is 0.294. The zero-order valence-corrected chi connectivity index (χ0v) is 12.6. The van der Waals surface area contributed by atoms with E-state index < -0.39 is 24.7 Å². The summed E-state index contributed by atoms with van der Waals surface area (Å²) in [6, 6.07) is -0.129. The lowest BCUT2D eigenvalue weighted by molar-refractivity contribution is -0.183. The number of hydrogen-bond donors (Lipinski definition) is 2. The highest BCUT2D eigenvalue weighted by molar-refractivity contribution is 5.92. The van der Waals surface area contributed by atoms with Crippen molar-refractivity contribution in [2.75, 3.05) is 32.7 Å². The Balaban J connectivity index is 2.01. The first-order valence-corrected chi connectivity index (χ1v) is 7.09. The third-order valence-electron chi connectivity index (χ3n) is 3.66. The van der Waals surface area contributed by atoms with E-state index in [1.54, 1.807) is 20.0 Å². The van der Waals surface area contributed by atoms with Crippen LogP contribution in [0.2, 0.25) is 0 Å². The summed E-state index contributed by atoms with van der Waals surface area (Å²) in [5, 5.41) is 9.40. The SMILES string of the molecule is Cc1cc(C(=O)NCC(N2CCNCC2)C(F)(F)F)n(C)n1. The molecule has 0 aromatic carbocycles. The van der Waals surface area contributed by atoms with E-state index >= 15 is 0 Å². The van der Waals surface area contributed by atoms with E-state index in [1.165, 1.54) is 9.58 Å². The molecule has 1 unspecified atom stereocenters. The van der Waals surface area contributed by atoms with Crippen molar-refractivity contribution in [2.45, 2.75) is 19.1 Å². The smallest absolute Gasteiger partial charge is 0.349 e. The fourth-order valence-corrected chi connectivity index (χ4v) is 2.55. The Morgan fingerprint density at radius 3 is 2.59 bits per heavy atom. The van der Waals surface area contributed by atoms with Gasteiger partial charge in [0.15, 0.2) is 0 Å². The largest absolute Gasteiger partial charge is 0.405 e.